The molecule has 0 bridgehead atoms. The van der Waals surface area contributed by atoms with E-state index in [0.29, 0.717) is 6.04 Å². The minimum Gasteiger partial charge on any atom is -0.383 e. The molecule has 1 aromatic rings. The highest BCUT2D eigenvalue weighted by Gasteiger charge is 2.22. The maximum atomic E-state index is 12.1. The van der Waals surface area contributed by atoms with Gasteiger partial charge in [0.1, 0.15) is 0 Å². The lowest BCUT2D eigenvalue weighted by molar-refractivity contribution is -0.135. The monoisotopic (exact) mass is 274 g/mol. The third-order valence-corrected chi connectivity index (χ3v) is 4.05. The third-order valence-electron chi connectivity index (χ3n) is 4.05. The van der Waals surface area contributed by atoms with Gasteiger partial charge in [0.15, 0.2) is 0 Å². The molecule has 1 aliphatic rings. The van der Waals surface area contributed by atoms with Gasteiger partial charge in [-0.3, -0.25) is 4.79 Å². The Balaban J connectivity index is 2.09. The van der Waals surface area contributed by atoms with Gasteiger partial charge in [-0.2, -0.15) is 0 Å². The fourth-order valence-electron chi connectivity index (χ4n) is 2.58. The number of amides is 1. The Bertz CT molecular complexity index is 482. The molecular weight excluding hydrogens is 248 g/mol. The predicted molar refractivity (Wildman–Crippen MR) is 83.8 cm³/mol. The number of hydrogen-bond acceptors (Lipinski definition) is 2. The van der Waals surface area contributed by atoms with Crippen molar-refractivity contribution >= 4 is 11.6 Å². The van der Waals surface area contributed by atoms with Crippen molar-refractivity contribution in [1.82, 2.24) is 4.90 Å². The summed E-state index contributed by atoms with van der Waals surface area (Å²) in [6, 6.07) is 7.04. The highest BCUT2D eigenvalue weighted by atomic mass is 16.2. The normalized spacial score (nSPS) is 15.9. The molecule has 0 saturated carbocycles. The number of carbonyl (C=O) groups is 1. The molecule has 1 aliphatic heterocycles. The van der Waals surface area contributed by atoms with Crippen LogP contribution in [-0.4, -0.2) is 23.4 Å². The second-order valence-electron chi connectivity index (χ2n) is 6.10. The van der Waals surface area contributed by atoms with Gasteiger partial charge in [-0.15, -0.1) is 0 Å². The molecular formula is C17H26N2O. The molecule has 1 aromatic carbocycles. The predicted octanol–water partition coefficient (Wildman–Crippen LogP) is 3.44. The summed E-state index contributed by atoms with van der Waals surface area (Å²) in [5, 5.41) is 3.51. The van der Waals surface area contributed by atoms with E-state index in [9.17, 15) is 4.79 Å². The first kappa shape index (κ1) is 14.9. The molecule has 1 amide bonds. The Kier molecular flexibility index (Phi) is 4.69. The Morgan fingerprint density at radius 3 is 2.70 bits per heavy atom. The van der Waals surface area contributed by atoms with Crippen LogP contribution in [0.15, 0.2) is 18.2 Å². The molecule has 0 spiro atoms. The number of carbonyl (C=O) groups excluding carboxylic acids is 1. The van der Waals surface area contributed by atoms with Gasteiger partial charge in [-0.25, -0.2) is 0 Å². The second-order valence-corrected chi connectivity index (χ2v) is 6.10. The number of nitrogens with zero attached hydrogens (tertiary/aromatic N) is 1. The van der Waals surface area contributed by atoms with Gasteiger partial charge in [0.05, 0.1) is 0 Å². The average Bonchev–Trinajstić information content (AvgIpc) is 2.45. The molecule has 1 heterocycles. The quantitative estimate of drug-likeness (QED) is 0.912. The van der Waals surface area contributed by atoms with Crippen LogP contribution >= 0.6 is 0 Å². The standard InChI is InChI=1S/C17H26N2O/c1-5-13(4)18-16-7-6-15-11-19(17(20)12(2)3)9-8-14(15)10-16/h6-7,10,12-13,18H,5,8-9,11H2,1-4H3. The van der Waals surface area contributed by atoms with Crippen LogP contribution in [0.25, 0.3) is 0 Å². The van der Waals surface area contributed by atoms with Crippen molar-refractivity contribution in [1.29, 1.82) is 0 Å². The zero-order valence-corrected chi connectivity index (χ0v) is 13.1. The summed E-state index contributed by atoms with van der Waals surface area (Å²) >= 11 is 0. The van der Waals surface area contributed by atoms with Crippen LogP contribution in [0.1, 0.15) is 45.2 Å². The number of hydrogen-bond donors (Lipinski definition) is 1. The van der Waals surface area contributed by atoms with Gasteiger partial charge < -0.3 is 10.2 Å². The largest absolute Gasteiger partial charge is 0.383 e. The van der Waals surface area contributed by atoms with Crippen molar-refractivity contribution < 1.29 is 4.79 Å². The van der Waals surface area contributed by atoms with Crippen LogP contribution < -0.4 is 5.32 Å². The summed E-state index contributed by atoms with van der Waals surface area (Å²) in [6.07, 6.45) is 2.08. The van der Waals surface area contributed by atoms with Gasteiger partial charge in [-0.05, 0) is 43.0 Å². The lowest BCUT2D eigenvalue weighted by atomic mass is 9.98. The van der Waals surface area contributed by atoms with Crippen LogP contribution in [0.3, 0.4) is 0 Å². The van der Waals surface area contributed by atoms with E-state index in [0.717, 1.165) is 25.9 Å². The topological polar surface area (TPSA) is 32.3 Å². The maximum Gasteiger partial charge on any atom is 0.225 e. The van der Waals surface area contributed by atoms with Gasteiger partial charge in [0.25, 0.3) is 0 Å². The summed E-state index contributed by atoms with van der Waals surface area (Å²) in [4.78, 5) is 14.1. The fourth-order valence-corrected chi connectivity index (χ4v) is 2.58. The lowest BCUT2D eigenvalue weighted by Crippen LogP contribution is -2.38. The first-order valence-electron chi connectivity index (χ1n) is 7.68. The van der Waals surface area contributed by atoms with Gasteiger partial charge in [0, 0.05) is 30.7 Å². The van der Waals surface area contributed by atoms with E-state index in [4.69, 9.17) is 0 Å². The summed E-state index contributed by atoms with van der Waals surface area (Å²) in [5.74, 6) is 0.348. The molecule has 2 rings (SSSR count). The summed E-state index contributed by atoms with van der Waals surface area (Å²) in [5.41, 5.74) is 3.87. The Labute approximate surface area is 122 Å². The Morgan fingerprint density at radius 2 is 2.05 bits per heavy atom. The smallest absolute Gasteiger partial charge is 0.225 e. The highest BCUT2D eigenvalue weighted by Crippen LogP contribution is 2.24. The molecule has 1 unspecified atom stereocenters. The van der Waals surface area contributed by atoms with Crippen LogP contribution in [-0.2, 0) is 17.8 Å². The molecule has 0 saturated heterocycles. The Morgan fingerprint density at radius 1 is 1.30 bits per heavy atom. The number of benzene rings is 1. The molecule has 20 heavy (non-hydrogen) atoms. The number of rotatable bonds is 4. The zero-order valence-electron chi connectivity index (χ0n) is 13.1. The van der Waals surface area contributed by atoms with E-state index in [1.807, 2.05) is 18.7 Å². The molecule has 3 nitrogen and oxygen atoms in total. The second kappa shape index (κ2) is 6.29. The molecule has 110 valence electrons. The number of fused-ring (bicyclic) bond motifs is 1. The fraction of sp³-hybridized carbons (Fsp3) is 0.588. The maximum absolute atomic E-state index is 12.1. The van der Waals surface area contributed by atoms with Gasteiger partial charge >= 0.3 is 0 Å². The zero-order chi connectivity index (χ0) is 14.7. The molecule has 0 fully saturated rings. The molecule has 0 radical (unpaired) electrons. The SMILES string of the molecule is CCC(C)Nc1ccc2c(c1)CCN(C(=O)C(C)C)C2. The minimum atomic E-state index is 0.0860. The van der Waals surface area contributed by atoms with E-state index >= 15 is 0 Å². The van der Waals surface area contributed by atoms with Gasteiger partial charge in [0.2, 0.25) is 5.91 Å². The molecule has 3 heteroatoms. The van der Waals surface area contributed by atoms with Crippen molar-refractivity contribution in [3.63, 3.8) is 0 Å². The third kappa shape index (κ3) is 3.33. The molecule has 1 atom stereocenters. The van der Waals surface area contributed by atoms with Crippen molar-refractivity contribution in [2.24, 2.45) is 5.92 Å². The molecule has 1 N–H and O–H groups in total. The summed E-state index contributed by atoms with van der Waals surface area (Å²) in [6.45, 7) is 9.93. The van der Waals surface area contributed by atoms with Crippen molar-refractivity contribution in [2.45, 2.75) is 53.1 Å². The summed E-state index contributed by atoms with van der Waals surface area (Å²) in [7, 11) is 0. The number of anilines is 1. The van der Waals surface area contributed by atoms with Crippen LogP contribution in [0.5, 0.6) is 0 Å². The van der Waals surface area contributed by atoms with Crippen molar-refractivity contribution in [3.8, 4) is 0 Å². The Hall–Kier alpha value is -1.51. The highest BCUT2D eigenvalue weighted by molar-refractivity contribution is 5.78. The summed E-state index contributed by atoms with van der Waals surface area (Å²) < 4.78 is 0. The van der Waals surface area contributed by atoms with E-state index in [-0.39, 0.29) is 11.8 Å². The van der Waals surface area contributed by atoms with E-state index in [2.05, 4.69) is 37.4 Å². The first-order chi connectivity index (χ1) is 9.51. The minimum absolute atomic E-state index is 0.0860. The van der Waals surface area contributed by atoms with Crippen LogP contribution in [0.4, 0.5) is 5.69 Å². The molecule has 0 aromatic heterocycles. The van der Waals surface area contributed by atoms with E-state index in [1.54, 1.807) is 0 Å². The number of nitrogens with one attached hydrogen (secondary N) is 1. The average molecular weight is 274 g/mol. The van der Waals surface area contributed by atoms with Gasteiger partial charge in [-0.1, -0.05) is 26.8 Å². The molecule has 0 aliphatic carbocycles. The van der Waals surface area contributed by atoms with Crippen molar-refractivity contribution in [3.05, 3.63) is 29.3 Å². The van der Waals surface area contributed by atoms with Crippen LogP contribution in [0.2, 0.25) is 0 Å². The van der Waals surface area contributed by atoms with E-state index < -0.39 is 0 Å². The lowest BCUT2D eigenvalue weighted by Gasteiger charge is -2.30. The van der Waals surface area contributed by atoms with E-state index in [1.165, 1.54) is 16.8 Å². The first-order valence-corrected chi connectivity index (χ1v) is 7.68. The van der Waals surface area contributed by atoms with Crippen LogP contribution in [0, 0.1) is 5.92 Å². The van der Waals surface area contributed by atoms with Crippen molar-refractivity contribution in [2.75, 3.05) is 11.9 Å².